The van der Waals surface area contributed by atoms with E-state index in [9.17, 15) is 36.2 Å². The molecule has 3 aromatic heterocycles. The highest BCUT2D eigenvalue weighted by Crippen LogP contribution is 2.58. The maximum Gasteiger partial charge on any atom is 0.435 e. The standard InChI is InChI=1S/C25H24F6N6O2/c1-22(2,39)23-7-16(8-23)37(12-23)15-6-19(20(32-10-15)25(29,30)31)35-21(38)18-5-3-4-17(34-18)14-9-33-36(11-14)13-24(26,27)28/h3-6,9-11,16,39H,7-8,12-13H2,1-2H3,(H,35,38). The number of alkyl halides is 6. The summed E-state index contributed by atoms with van der Waals surface area (Å²) in [4.78, 5) is 22.6. The monoisotopic (exact) mass is 554 g/mol. The van der Waals surface area contributed by atoms with Crippen molar-refractivity contribution in [1.82, 2.24) is 19.7 Å². The summed E-state index contributed by atoms with van der Waals surface area (Å²) in [5.41, 5.74) is -2.74. The van der Waals surface area contributed by atoms with Crippen molar-refractivity contribution in [2.75, 3.05) is 16.8 Å². The van der Waals surface area contributed by atoms with Gasteiger partial charge in [0.05, 0.1) is 35.1 Å². The second-order valence-electron chi connectivity index (χ2n) is 10.5. The molecular formula is C25H24F6N6O2. The molecule has 3 aromatic rings. The number of nitrogens with one attached hydrogen (secondary N) is 1. The number of hydrogen-bond donors (Lipinski definition) is 2. The number of halogens is 6. The minimum absolute atomic E-state index is 0.0372. The molecule has 1 aliphatic carbocycles. The molecule has 5 heterocycles. The largest absolute Gasteiger partial charge is 0.435 e. The van der Waals surface area contributed by atoms with Gasteiger partial charge in [0.1, 0.15) is 12.2 Å². The molecule has 14 heteroatoms. The molecular weight excluding hydrogens is 530 g/mol. The fourth-order valence-corrected chi connectivity index (χ4v) is 5.25. The van der Waals surface area contributed by atoms with E-state index in [1.807, 2.05) is 4.90 Å². The molecule has 0 atom stereocenters. The lowest BCUT2D eigenvalue weighted by atomic mass is 9.61. The van der Waals surface area contributed by atoms with Gasteiger partial charge in [-0.1, -0.05) is 6.07 Å². The Kier molecular flexibility index (Phi) is 6.16. The molecule has 39 heavy (non-hydrogen) atoms. The zero-order chi connectivity index (χ0) is 28.4. The van der Waals surface area contributed by atoms with Crippen molar-refractivity contribution < 1.29 is 36.2 Å². The number of anilines is 2. The first-order valence-electron chi connectivity index (χ1n) is 12.0. The van der Waals surface area contributed by atoms with Gasteiger partial charge in [-0.05, 0) is 44.9 Å². The van der Waals surface area contributed by atoms with Gasteiger partial charge in [-0.15, -0.1) is 0 Å². The fourth-order valence-electron chi connectivity index (χ4n) is 5.25. The number of fused-ring (bicyclic) bond motifs is 1. The summed E-state index contributed by atoms with van der Waals surface area (Å²) in [5.74, 6) is -0.956. The van der Waals surface area contributed by atoms with Crippen molar-refractivity contribution in [3.63, 3.8) is 0 Å². The summed E-state index contributed by atoms with van der Waals surface area (Å²) in [5, 5.41) is 16.5. The van der Waals surface area contributed by atoms with E-state index in [0.717, 1.165) is 18.6 Å². The predicted molar refractivity (Wildman–Crippen MR) is 128 cm³/mol. The third-order valence-electron chi connectivity index (χ3n) is 7.44. The van der Waals surface area contributed by atoms with Crippen molar-refractivity contribution in [3.8, 4) is 11.3 Å². The summed E-state index contributed by atoms with van der Waals surface area (Å²) in [7, 11) is 0. The van der Waals surface area contributed by atoms with Gasteiger partial charge in [0.2, 0.25) is 0 Å². The second kappa shape index (κ2) is 8.93. The number of pyridine rings is 2. The summed E-state index contributed by atoms with van der Waals surface area (Å²) >= 11 is 0. The topological polar surface area (TPSA) is 96.2 Å². The Labute approximate surface area is 218 Å². The number of carbonyl (C=O) groups excluding carboxylic acids is 1. The summed E-state index contributed by atoms with van der Waals surface area (Å²) in [6.07, 6.45) is -4.60. The normalized spacial score (nSPS) is 21.2. The molecule has 0 radical (unpaired) electrons. The smallest absolute Gasteiger partial charge is 0.390 e. The molecule has 0 aromatic carbocycles. The molecule has 0 spiro atoms. The molecule has 8 nitrogen and oxygen atoms in total. The zero-order valence-electron chi connectivity index (χ0n) is 20.8. The first-order chi connectivity index (χ1) is 18.0. The number of carbonyl (C=O) groups is 1. The summed E-state index contributed by atoms with van der Waals surface area (Å²) in [6.45, 7) is 2.55. The Balaban J connectivity index is 1.40. The van der Waals surface area contributed by atoms with Gasteiger partial charge in [-0.25, -0.2) is 9.97 Å². The third kappa shape index (κ3) is 5.16. The van der Waals surface area contributed by atoms with E-state index in [4.69, 9.17) is 0 Å². The molecule has 2 aliphatic heterocycles. The molecule has 3 aliphatic rings. The van der Waals surface area contributed by atoms with Gasteiger partial charge in [0.15, 0.2) is 5.69 Å². The highest BCUT2D eigenvalue weighted by molar-refractivity contribution is 6.03. The van der Waals surface area contributed by atoms with Crippen LogP contribution in [-0.4, -0.2) is 55.1 Å². The second-order valence-corrected chi connectivity index (χ2v) is 10.5. The van der Waals surface area contributed by atoms with Crippen LogP contribution in [0.3, 0.4) is 0 Å². The third-order valence-corrected chi connectivity index (χ3v) is 7.44. The molecule has 1 amide bonds. The van der Waals surface area contributed by atoms with Gasteiger partial charge in [0.25, 0.3) is 5.91 Å². The van der Waals surface area contributed by atoms with Gasteiger partial charge in [-0.2, -0.15) is 31.4 Å². The number of amides is 1. The van der Waals surface area contributed by atoms with Crippen molar-refractivity contribution in [1.29, 1.82) is 0 Å². The summed E-state index contributed by atoms with van der Waals surface area (Å²) < 4.78 is 79.8. The summed E-state index contributed by atoms with van der Waals surface area (Å²) in [6, 6.07) is 5.36. The highest BCUT2D eigenvalue weighted by atomic mass is 19.4. The molecule has 3 fully saturated rings. The lowest BCUT2D eigenvalue weighted by Gasteiger charge is -2.45. The van der Waals surface area contributed by atoms with Gasteiger partial charge in [0, 0.05) is 29.8 Å². The highest BCUT2D eigenvalue weighted by Gasteiger charge is 2.61. The first kappa shape index (κ1) is 26.9. The van der Waals surface area contributed by atoms with Crippen LogP contribution in [0.15, 0.2) is 42.9 Å². The Bertz CT molecular complexity index is 1410. The van der Waals surface area contributed by atoms with Crippen LogP contribution in [0, 0.1) is 5.41 Å². The quantitative estimate of drug-likeness (QED) is 0.421. The van der Waals surface area contributed by atoms with E-state index in [0.29, 0.717) is 29.8 Å². The number of aliphatic hydroxyl groups is 1. The van der Waals surface area contributed by atoms with Crippen LogP contribution in [0.5, 0.6) is 0 Å². The lowest BCUT2D eigenvalue weighted by molar-refractivity contribution is -0.142. The maximum absolute atomic E-state index is 13.8. The van der Waals surface area contributed by atoms with E-state index in [1.54, 1.807) is 13.8 Å². The van der Waals surface area contributed by atoms with Crippen LogP contribution in [0.25, 0.3) is 11.3 Å². The number of rotatable bonds is 6. The Morgan fingerprint density at radius 3 is 2.49 bits per heavy atom. The van der Waals surface area contributed by atoms with Crippen molar-refractivity contribution in [3.05, 3.63) is 54.2 Å². The Morgan fingerprint density at radius 2 is 1.87 bits per heavy atom. The molecule has 2 saturated heterocycles. The van der Waals surface area contributed by atoms with Crippen LogP contribution < -0.4 is 10.2 Å². The van der Waals surface area contributed by atoms with E-state index in [1.165, 1.54) is 24.3 Å². The lowest BCUT2D eigenvalue weighted by Crippen LogP contribution is -2.50. The van der Waals surface area contributed by atoms with Crippen LogP contribution in [0.4, 0.5) is 37.7 Å². The Morgan fingerprint density at radius 1 is 1.15 bits per heavy atom. The van der Waals surface area contributed by atoms with Crippen molar-refractivity contribution >= 4 is 17.3 Å². The van der Waals surface area contributed by atoms with Gasteiger partial charge >= 0.3 is 12.4 Å². The SMILES string of the molecule is CC(C)(O)C12CC(C1)N(c1cnc(C(F)(F)F)c(NC(=O)c3cccc(-c4cnn(CC(F)(F)F)c4)n3)c1)C2. The van der Waals surface area contributed by atoms with E-state index < -0.39 is 41.8 Å². The predicted octanol–water partition coefficient (Wildman–Crippen LogP) is 4.91. The molecule has 208 valence electrons. The van der Waals surface area contributed by atoms with E-state index in [2.05, 4.69) is 20.4 Å². The van der Waals surface area contributed by atoms with Crippen LogP contribution >= 0.6 is 0 Å². The average molecular weight is 554 g/mol. The van der Waals surface area contributed by atoms with Gasteiger partial charge in [-0.3, -0.25) is 9.48 Å². The molecule has 0 unspecified atom stereocenters. The average Bonchev–Trinajstić information content (AvgIpc) is 3.51. The molecule has 2 N–H and O–H groups in total. The number of hydrogen-bond acceptors (Lipinski definition) is 6. The Hall–Kier alpha value is -3.68. The molecule has 2 bridgehead atoms. The zero-order valence-corrected chi connectivity index (χ0v) is 20.8. The minimum atomic E-state index is -4.86. The van der Waals surface area contributed by atoms with E-state index in [-0.39, 0.29) is 28.4 Å². The van der Waals surface area contributed by atoms with Crippen LogP contribution in [0.1, 0.15) is 42.9 Å². The molecule has 6 rings (SSSR count). The van der Waals surface area contributed by atoms with Crippen LogP contribution in [-0.2, 0) is 12.7 Å². The number of nitrogens with zero attached hydrogens (tertiary/aromatic N) is 5. The van der Waals surface area contributed by atoms with Crippen LogP contribution in [0.2, 0.25) is 0 Å². The van der Waals surface area contributed by atoms with Crippen molar-refractivity contribution in [2.45, 2.75) is 57.2 Å². The van der Waals surface area contributed by atoms with Crippen molar-refractivity contribution in [2.24, 2.45) is 5.41 Å². The van der Waals surface area contributed by atoms with Gasteiger partial charge < -0.3 is 15.3 Å². The van der Waals surface area contributed by atoms with E-state index >= 15 is 0 Å². The first-order valence-corrected chi connectivity index (χ1v) is 12.0. The minimum Gasteiger partial charge on any atom is -0.390 e. The number of aromatic nitrogens is 4. The fraction of sp³-hybridized carbons (Fsp3) is 0.440. The maximum atomic E-state index is 13.8. The molecule has 1 saturated carbocycles.